The fourth-order valence-electron chi connectivity index (χ4n) is 2.47. The molecule has 0 spiro atoms. The van der Waals surface area contributed by atoms with Crippen molar-refractivity contribution < 1.29 is 23.4 Å². The molecule has 6 heteroatoms. The van der Waals surface area contributed by atoms with Gasteiger partial charge < -0.3 is 15.2 Å². The fraction of sp³-hybridized carbons (Fsp3) is 0.500. The van der Waals surface area contributed by atoms with E-state index in [1.54, 1.807) is 0 Å². The molecular weight excluding hydrogens is 268 g/mol. The summed E-state index contributed by atoms with van der Waals surface area (Å²) < 4.78 is 32.8. The van der Waals surface area contributed by atoms with Crippen LogP contribution in [0.5, 0.6) is 0 Å². The molecule has 4 nitrogen and oxygen atoms in total. The number of rotatable bonds is 5. The molecular formula is C14H17F2NO3. The van der Waals surface area contributed by atoms with Gasteiger partial charge in [0.2, 0.25) is 0 Å². The van der Waals surface area contributed by atoms with Gasteiger partial charge in [0.15, 0.2) is 11.6 Å². The van der Waals surface area contributed by atoms with E-state index in [9.17, 15) is 13.6 Å². The summed E-state index contributed by atoms with van der Waals surface area (Å²) in [5.41, 5.74) is -0.682. The number of aromatic carboxylic acids is 1. The molecule has 1 fully saturated rings. The Morgan fingerprint density at radius 3 is 2.85 bits per heavy atom. The van der Waals surface area contributed by atoms with E-state index >= 15 is 0 Å². The molecule has 0 amide bonds. The zero-order valence-electron chi connectivity index (χ0n) is 11.2. The van der Waals surface area contributed by atoms with Crippen molar-refractivity contribution >= 4 is 11.7 Å². The van der Waals surface area contributed by atoms with Crippen molar-refractivity contribution in [3.05, 3.63) is 29.3 Å². The molecule has 0 saturated carbocycles. The van der Waals surface area contributed by atoms with Crippen molar-refractivity contribution in [1.82, 2.24) is 0 Å². The summed E-state index contributed by atoms with van der Waals surface area (Å²) in [6, 6.07) is 2.31. The summed E-state index contributed by atoms with van der Waals surface area (Å²) in [7, 11) is 0. The molecule has 0 aromatic heterocycles. The Balaban J connectivity index is 2.07. The largest absolute Gasteiger partial charge is 0.478 e. The molecule has 1 aromatic carbocycles. The second kappa shape index (κ2) is 6.17. The first-order chi connectivity index (χ1) is 9.54. The predicted octanol–water partition coefficient (Wildman–Crippen LogP) is 2.89. The van der Waals surface area contributed by atoms with Crippen LogP contribution >= 0.6 is 0 Å². The highest BCUT2D eigenvalue weighted by Gasteiger charge is 2.27. The molecule has 2 N–H and O–H groups in total. The normalized spacial score (nSPS) is 21.9. The van der Waals surface area contributed by atoms with E-state index in [0.29, 0.717) is 13.2 Å². The van der Waals surface area contributed by atoms with Crippen molar-refractivity contribution in [2.45, 2.75) is 25.9 Å². The molecule has 2 rings (SSSR count). The highest BCUT2D eigenvalue weighted by Crippen LogP contribution is 2.25. The maximum absolute atomic E-state index is 13.7. The lowest BCUT2D eigenvalue weighted by Crippen LogP contribution is -2.23. The smallest absolute Gasteiger partial charge is 0.338 e. The Kier molecular flexibility index (Phi) is 4.54. The molecule has 0 bridgehead atoms. The van der Waals surface area contributed by atoms with Crippen LogP contribution in [0.4, 0.5) is 14.5 Å². The molecule has 2 unspecified atom stereocenters. The van der Waals surface area contributed by atoms with Gasteiger partial charge in [-0.3, -0.25) is 0 Å². The van der Waals surface area contributed by atoms with E-state index in [4.69, 9.17) is 9.84 Å². The summed E-state index contributed by atoms with van der Waals surface area (Å²) in [5, 5.41) is 11.5. The molecule has 110 valence electrons. The minimum absolute atomic E-state index is 0.0192. The minimum atomic E-state index is -1.48. The van der Waals surface area contributed by atoms with Gasteiger partial charge in [-0.2, -0.15) is 0 Å². The van der Waals surface area contributed by atoms with E-state index in [0.717, 1.165) is 18.9 Å². The Morgan fingerprint density at radius 2 is 2.20 bits per heavy atom. The summed E-state index contributed by atoms with van der Waals surface area (Å²) >= 11 is 0. The van der Waals surface area contributed by atoms with Gasteiger partial charge in [0.25, 0.3) is 0 Å². The van der Waals surface area contributed by atoms with Gasteiger partial charge in [-0.1, -0.05) is 6.92 Å². The zero-order chi connectivity index (χ0) is 14.7. The van der Waals surface area contributed by atoms with Crippen LogP contribution in [-0.4, -0.2) is 30.3 Å². The number of halogens is 2. The first-order valence-electron chi connectivity index (χ1n) is 6.61. The third kappa shape index (κ3) is 2.90. The van der Waals surface area contributed by atoms with E-state index in [-0.39, 0.29) is 17.7 Å². The number of hydrogen-bond donors (Lipinski definition) is 2. The third-order valence-corrected chi connectivity index (χ3v) is 3.62. The number of ether oxygens (including phenoxy) is 1. The van der Waals surface area contributed by atoms with Crippen LogP contribution in [0.15, 0.2) is 12.1 Å². The average Bonchev–Trinajstić information content (AvgIpc) is 2.87. The van der Waals surface area contributed by atoms with Gasteiger partial charge in [0, 0.05) is 19.1 Å². The summed E-state index contributed by atoms with van der Waals surface area (Å²) in [4.78, 5) is 10.7. The number of nitrogens with one attached hydrogen (secondary N) is 1. The van der Waals surface area contributed by atoms with Gasteiger partial charge in [0.1, 0.15) is 0 Å². The van der Waals surface area contributed by atoms with Crippen LogP contribution < -0.4 is 5.32 Å². The van der Waals surface area contributed by atoms with Crippen LogP contribution in [0.25, 0.3) is 0 Å². The molecule has 1 aliphatic heterocycles. The molecule has 1 heterocycles. The number of carboxylic acid groups (broad SMARTS) is 1. The maximum Gasteiger partial charge on any atom is 0.338 e. The molecule has 20 heavy (non-hydrogen) atoms. The van der Waals surface area contributed by atoms with Crippen molar-refractivity contribution in [3.63, 3.8) is 0 Å². The third-order valence-electron chi connectivity index (χ3n) is 3.62. The standard InChI is InChI=1S/C14H17F2NO3/c1-2-11-8(5-6-20-11)7-17-10-4-3-9(14(18)19)12(15)13(10)16/h3-4,8,11,17H,2,5-7H2,1H3,(H,18,19). The SMILES string of the molecule is CCC1OCCC1CNc1ccc(C(=O)O)c(F)c1F. The Bertz CT molecular complexity index is 507. The van der Waals surface area contributed by atoms with Crippen molar-refractivity contribution in [2.24, 2.45) is 5.92 Å². The topological polar surface area (TPSA) is 58.6 Å². The molecule has 0 aliphatic carbocycles. The quantitative estimate of drug-likeness (QED) is 0.873. The van der Waals surface area contributed by atoms with E-state index in [1.165, 1.54) is 6.07 Å². The minimum Gasteiger partial charge on any atom is -0.478 e. The fourth-order valence-corrected chi connectivity index (χ4v) is 2.47. The maximum atomic E-state index is 13.7. The van der Waals surface area contributed by atoms with Crippen LogP contribution in [-0.2, 0) is 4.74 Å². The molecule has 0 radical (unpaired) electrons. The predicted molar refractivity (Wildman–Crippen MR) is 69.9 cm³/mol. The monoisotopic (exact) mass is 285 g/mol. The Hall–Kier alpha value is -1.69. The first-order valence-corrected chi connectivity index (χ1v) is 6.61. The van der Waals surface area contributed by atoms with E-state index < -0.39 is 23.2 Å². The number of carboxylic acids is 1. The van der Waals surface area contributed by atoms with Gasteiger partial charge in [-0.25, -0.2) is 13.6 Å². The first kappa shape index (κ1) is 14.7. The average molecular weight is 285 g/mol. The molecule has 1 aromatic rings. The second-order valence-corrected chi connectivity index (χ2v) is 4.84. The van der Waals surface area contributed by atoms with Gasteiger partial charge in [-0.15, -0.1) is 0 Å². The van der Waals surface area contributed by atoms with Crippen LogP contribution in [0.2, 0.25) is 0 Å². The Labute approximate surface area is 115 Å². The van der Waals surface area contributed by atoms with Crippen molar-refractivity contribution in [3.8, 4) is 0 Å². The highest BCUT2D eigenvalue weighted by atomic mass is 19.2. The molecule has 1 aliphatic rings. The van der Waals surface area contributed by atoms with Crippen molar-refractivity contribution in [2.75, 3.05) is 18.5 Å². The summed E-state index contributed by atoms with van der Waals surface area (Å²) in [6.07, 6.45) is 1.89. The summed E-state index contributed by atoms with van der Waals surface area (Å²) in [6.45, 7) is 3.17. The Morgan fingerprint density at radius 1 is 1.45 bits per heavy atom. The lowest BCUT2D eigenvalue weighted by molar-refractivity contribution is 0.0690. The van der Waals surface area contributed by atoms with E-state index in [1.807, 2.05) is 6.92 Å². The lowest BCUT2D eigenvalue weighted by atomic mass is 9.99. The van der Waals surface area contributed by atoms with Gasteiger partial charge in [0.05, 0.1) is 17.4 Å². The zero-order valence-corrected chi connectivity index (χ0v) is 11.2. The number of hydrogen-bond acceptors (Lipinski definition) is 3. The second-order valence-electron chi connectivity index (χ2n) is 4.84. The highest BCUT2D eigenvalue weighted by molar-refractivity contribution is 5.88. The van der Waals surface area contributed by atoms with Crippen LogP contribution in [0, 0.1) is 17.6 Å². The van der Waals surface area contributed by atoms with Crippen LogP contribution in [0.1, 0.15) is 30.1 Å². The molecule has 1 saturated heterocycles. The number of carbonyl (C=O) groups is 1. The summed E-state index contributed by atoms with van der Waals surface area (Å²) in [5.74, 6) is -3.72. The van der Waals surface area contributed by atoms with Gasteiger partial charge >= 0.3 is 5.97 Å². The van der Waals surface area contributed by atoms with Gasteiger partial charge in [-0.05, 0) is 25.0 Å². The number of anilines is 1. The van der Waals surface area contributed by atoms with Crippen molar-refractivity contribution in [1.29, 1.82) is 0 Å². The number of benzene rings is 1. The lowest BCUT2D eigenvalue weighted by Gasteiger charge is -2.18. The van der Waals surface area contributed by atoms with Crippen LogP contribution in [0.3, 0.4) is 0 Å². The molecule has 2 atom stereocenters. The van der Waals surface area contributed by atoms with E-state index in [2.05, 4.69) is 5.32 Å².